The van der Waals surface area contributed by atoms with Crippen LogP contribution < -0.4 is 4.72 Å². The van der Waals surface area contributed by atoms with Crippen molar-refractivity contribution < 1.29 is 13.2 Å². The van der Waals surface area contributed by atoms with Crippen molar-refractivity contribution in [3.8, 4) is 6.07 Å². The Morgan fingerprint density at radius 1 is 1.21 bits per heavy atom. The fraction of sp³-hybridized carbons (Fsp3) is 0.588. The number of rotatable bonds is 5. The number of benzene rings is 1. The Labute approximate surface area is 143 Å². The highest BCUT2D eigenvalue weighted by molar-refractivity contribution is 7.89. The number of hydrogen-bond acceptors (Lipinski definition) is 5. The van der Waals surface area contributed by atoms with E-state index in [1.54, 1.807) is 0 Å². The van der Waals surface area contributed by atoms with Gasteiger partial charge in [0, 0.05) is 19.2 Å². The molecule has 7 heteroatoms. The number of nitriles is 1. The number of ether oxygens (including phenoxy) is 1. The van der Waals surface area contributed by atoms with Gasteiger partial charge in [0.15, 0.2) is 0 Å². The molecule has 1 aromatic carbocycles. The van der Waals surface area contributed by atoms with Crippen LogP contribution in [0.15, 0.2) is 29.2 Å². The van der Waals surface area contributed by atoms with E-state index in [-0.39, 0.29) is 4.90 Å². The average Bonchev–Trinajstić information content (AvgIpc) is 3.15. The van der Waals surface area contributed by atoms with Gasteiger partial charge in [0.1, 0.15) is 0 Å². The van der Waals surface area contributed by atoms with E-state index in [2.05, 4.69) is 9.62 Å². The fourth-order valence-corrected chi connectivity index (χ4v) is 4.47. The number of piperidine rings is 1. The molecule has 1 aromatic rings. The second kappa shape index (κ2) is 7.62. The molecular weight excluding hydrogens is 326 g/mol. The minimum atomic E-state index is -3.51. The van der Waals surface area contributed by atoms with Crippen LogP contribution in [0.3, 0.4) is 0 Å². The van der Waals surface area contributed by atoms with Gasteiger partial charge < -0.3 is 4.74 Å². The first-order valence-electron chi connectivity index (χ1n) is 8.40. The van der Waals surface area contributed by atoms with Gasteiger partial charge in [-0.15, -0.1) is 0 Å². The van der Waals surface area contributed by atoms with E-state index in [0.29, 0.717) is 24.1 Å². The quantitative estimate of drug-likeness (QED) is 0.867. The molecule has 3 rings (SSSR count). The summed E-state index contributed by atoms with van der Waals surface area (Å²) in [5, 5.41) is 8.78. The fourth-order valence-electron chi connectivity index (χ4n) is 3.35. The standard InChI is InChI=1S/C17H23N3O3S/c18-11-14-1-3-17(4-2-14)24(21,22)19-12-15-5-8-20(9-6-15)16-7-10-23-13-16/h1-4,15-16,19H,5-10,12-13H2/t16-/m0/s1. The van der Waals surface area contributed by atoms with Gasteiger partial charge >= 0.3 is 0 Å². The van der Waals surface area contributed by atoms with Crippen LogP contribution in [0, 0.1) is 17.2 Å². The predicted octanol–water partition coefficient (Wildman–Crippen LogP) is 1.34. The summed E-state index contributed by atoms with van der Waals surface area (Å²) in [5.74, 6) is 0.372. The summed E-state index contributed by atoms with van der Waals surface area (Å²) in [7, 11) is -3.51. The summed E-state index contributed by atoms with van der Waals surface area (Å²) in [5.41, 5.74) is 0.456. The summed E-state index contributed by atoms with van der Waals surface area (Å²) >= 11 is 0. The zero-order chi connectivity index (χ0) is 17.0. The molecule has 2 aliphatic heterocycles. The molecule has 2 saturated heterocycles. The van der Waals surface area contributed by atoms with Crippen molar-refractivity contribution in [2.24, 2.45) is 5.92 Å². The molecule has 1 atom stereocenters. The van der Waals surface area contributed by atoms with E-state index < -0.39 is 10.0 Å². The second-order valence-corrected chi connectivity index (χ2v) is 8.25. The maximum atomic E-state index is 12.3. The molecular formula is C17H23N3O3S. The largest absolute Gasteiger partial charge is 0.380 e. The topological polar surface area (TPSA) is 82.4 Å². The first kappa shape index (κ1) is 17.4. The van der Waals surface area contributed by atoms with E-state index in [1.807, 2.05) is 6.07 Å². The number of hydrogen-bond donors (Lipinski definition) is 1. The van der Waals surface area contributed by atoms with E-state index in [0.717, 1.165) is 45.6 Å². The lowest BCUT2D eigenvalue weighted by molar-refractivity contribution is 0.111. The molecule has 1 N–H and O–H groups in total. The van der Waals surface area contributed by atoms with Crippen molar-refractivity contribution in [1.82, 2.24) is 9.62 Å². The lowest BCUT2D eigenvalue weighted by atomic mass is 9.96. The number of sulfonamides is 1. The maximum absolute atomic E-state index is 12.3. The van der Waals surface area contributed by atoms with E-state index in [1.165, 1.54) is 24.3 Å². The molecule has 0 aliphatic carbocycles. The molecule has 0 unspecified atom stereocenters. The number of nitrogens with zero attached hydrogens (tertiary/aromatic N) is 2. The van der Waals surface area contributed by atoms with Gasteiger partial charge in [-0.3, -0.25) is 4.90 Å². The Kier molecular flexibility index (Phi) is 5.51. The Balaban J connectivity index is 1.49. The Morgan fingerprint density at radius 3 is 2.50 bits per heavy atom. The van der Waals surface area contributed by atoms with Gasteiger partial charge in [-0.1, -0.05) is 0 Å². The SMILES string of the molecule is N#Cc1ccc(S(=O)(=O)NCC2CCN([C@H]3CCOC3)CC2)cc1. The molecule has 0 aromatic heterocycles. The smallest absolute Gasteiger partial charge is 0.240 e. The molecule has 130 valence electrons. The van der Waals surface area contributed by atoms with Crippen LogP contribution >= 0.6 is 0 Å². The van der Waals surface area contributed by atoms with Gasteiger partial charge in [-0.25, -0.2) is 13.1 Å². The zero-order valence-electron chi connectivity index (χ0n) is 13.6. The van der Waals surface area contributed by atoms with E-state index in [4.69, 9.17) is 10.00 Å². The highest BCUT2D eigenvalue weighted by atomic mass is 32.2. The first-order chi connectivity index (χ1) is 11.6. The van der Waals surface area contributed by atoms with Gasteiger partial charge in [-0.05, 0) is 62.5 Å². The lowest BCUT2D eigenvalue weighted by Gasteiger charge is -2.35. The molecule has 2 heterocycles. The minimum absolute atomic E-state index is 0.210. The summed E-state index contributed by atoms with van der Waals surface area (Å²) in [6, 6.07) is 8.53. The molecule has 2 aliphatic rings. The van der Waals surface area contributed by atoms with Gasteiger partial charge in [0.2, 0.25) is 10.0 Å². The van der Waals surface area contributed by atoms with Crippen molar-refractivity contribution in [2.45, 2.75) is 30.2 Å². The first-order valence-corrected chi connectivity index (χ1v) is 9.88. The van der Waals surface area contributed by atoms with Crippen LogP contribution in [0.1, 0.15) is 24.8 Å². The monoisotopic (exact) mass is 349 g/mol. The van der Waals surface area contributed by atoms with Crippen molar-refractivity contribution in [2.75, 3.05) is 32.8 Å². The average molecular weight is 349 g/mol. The van der Waals surface area contributed by atoms with Crippen LogP contribution in [0.2, 0.25) is 0 Å². The molecule has 2 fully saturated rings. The van der Waals surface area contributed by atoms with Crippen molar-refractivity contribution >= 4 is 10.0 Å². The summed E-state index contributed by atoms with van der Waals surface area (Å²) in [6.07, 6.45) is 3.12. The Bertz CT molecular complexity index is 683. The summed E-state index contributed by atoms with van der Waals surface area (Å²) < 4.78 is 32.8. The van der Waals surface area contributed by atoms with Crippen LogP contribution in [0.5, 0.6) is 0 Å². The normalized spacial score (nSPS) is 23.2. The highest BCUT2D eigenvalue weighted by Gasteiger charge is 2.28. The molecule has 6 nitrogen and oxygen atoms in total. The maximum Gasteiger partial charge on any atom is 0.240 e. The van der Waals surface area contributed by atoms with E-state index in [9.17, 15) is 8.42 Å². The predicted molar refractivity (Wildman–Crippen MR) is 89.9 cm³/mol. The van der Waals surface area contributed by atoms with Crippen LogP contribution in [0.25, 0.3) is 0 Å². The molecule has 0 saturated carbocycles. The molecule has 0 amide bonds. The van der Waals surface area contributed by atoms with Crippen molar-refractivity contribution in [3.63, 3.8) is 0 Å². The van der Waals surface area contributed by atoms with Crippen LogP contribution in [0.4, 0.5) is 0 Å². The highest BCUT2D eigenvalue weighted by Crippen LogP contribution is 2.22. The van der Waals surface area contributed by atoms with Crippen molar-refractivity contribution in [1.29, 1.82) is 5.26 Å². The Morgan fingerprint density at radius 2 is 1.92 bits per heavy atom. The second-order valence-electron chi connectivity index (χ2n) is 6.48. The number of nitrogens with one attached hydrogen (secondary N) is 1. The van der Waals surface area contributed by atoms with E-state index >= 15 is 0 Å². The molecule has 0 radical (unpaired) electrons. The lowest BCUT2D eigenvalue weighted by Crippen LogP contribution is -2.43. The van der Waals surface area contributed by atoms with Crippen LogP contribution in [-0.2, 0) is 14.8 Å². The number of likely N-dealkylation sites (tertiary alicyclic amines) is 1. The minimum Gasteiger partial charge on any atom is -0.380 e. The molecule has 0 spiro atoms. The summed E-state index contributed by atoms with van der Waals surface area (Å²) in [4.78, 5) is 2.68. The van der Waals surface area contributed by atoms with Gasteiger partial charge in [0.25, 0.3) is 0 Å². The van der Waals surface area contributed by atoms with Gasteiger partial charge in [0.05, 0.1) is 23.1 Å². The third-order valence-corrected chi connectivity index (χ3v) is 6.37. The summed E-state index contributed by atoms with van der Waals surface area (Å²) in [6.45, 7) is 4.18. The zero-order valence-corrected chi connectivity index (χ0v) is 14.5. The Hall–Kier alpha value is -1.46. The van der Waals surface area contributed by atoms with Crippen molar-refractivity contribution in [3.05, 3.63) is 29.8 Å². The molecule has 24 heavy (non-hydrogen) atoms. The third-order valence-electron chi connectivity index (χ3n) is 4.93. The van der Waals surface area contributed by atoms with Crippen LogP contribution in [-0.4, -0.2) is 52.2 Å². The van der Waals surface area contributed by atoms with Gasteiger partial charge in [-0.2, -0.15) is 5.26 Å². The molecule has 0 bridgehead atoms. The third kappa shape index (κ3) is 4.14.